The second kappa shape index (κ2) is 5.43. The number of nitriles is 1. The zero-order valence-corrected chi connectivity index (χ0v) is 9.65. The molecule has 0 spiro atoms. The minimum Gasteiger partial charge on any atom is -0.303 e. The number of thioether (sulfide) groups is 1. The van der Waals surface area contributed by atoms with Gasteiger partial charge in [0.05, 0.1) is 6.07 Å². The minimum absolute atomic E-state index is 0.106. The first kappa shape index (κ1) is 11.6. The maximum atomic E-state index is 9.10. The van der Waals surface area contributed by atoms with Gasteiger partial charge in [-0.2, -0.15) is 5.26 Å². The molecule has 0 N–H and O–H groups in total. The monoisotopic (exact) mass is 210 g/mol. The summed E-state index contributed by atoms with van der Waals surface area (Å²) >= 11 is 1.71. The summed E-state index contributed by atoms with van der Waals surface area (Å²) in [5, 5.41) is 9.10. The molecular formula is C11H18N2S. The van der Waals surface area contributed by atoms with E-state index in [1.807, 2.05) is 12.3 Å². The predicted octanol–water partition coefficient (Wildman–Crippen LogP) is 2.28. The Morgan fingerprint density at radius 3 is 2.64 bits per heavy atom. The van der Waals surface area contributed by atoms with Crippen molar-refractivity contribution < 1.29 is 0 Å². The fraction of sp³-hybridized carbons (Fsp3) is 0.727. The lowest BCUT2D eigenvalue weighted by molar-refractivity contribution is 0.221. The topological polar surface area (TPSA) is 27.0 Å². The lowest BCUT2D eigenvalue weighted by Gasteiger charge is -2.35. The molecule has 3 heteroatoms. The van der Waals surface area contributed by atoms with Crippen LogP contribution >= 0.6 is 11.8 Å². The maximum absolute atomic E-state index is 9.10. The lowest BCUT2D eigenvalue weighted by Crippen LogP contribution is -2.41. The normalized spacial score (nSPS) is 21.4. The summed E-state index contributed by atoms with van der Waals surface area (Å²) in [6.07, 6.45) is 7.06. The standard InChI is InChI=1S/C11H18N2S/c1-3-4-7-13-8-5-11(10-12,14-2)6-9-13/h3H,1,4-9H2,2H3. The van der Waals surface area contributed by atoms with Crippen molar-refractivity contribution in [2.24, 2.45) is 0 Å². The first-order chi connectivity index (χ1) is 6.76. The highest BCUT2D eigenvalue weighted by Crippen LogP contribution is 2.33. The second-order valence-corrected chi connectivity index (χ2v) is 4.92. The number of hydrogen-bond acceptors (Lipinski definition) is 3. The molecule has 78 valence electrons. The molecule has 0 amide bonds. The van der Waals surface area contributed by atoms with Gasteiger partial charge in [0.25, 0.3) is 0 Å². The number of hydrogen-bond donors (Lipinski definition) is 0. The van der Waals surface area contributed by atoms with Crippen LogP contribution in [0.15, 0.2) is 12.7 Å². The van der Waals surface area contributed by atoms with Crippen LogP contribution in [0.3, 0.4) is 0 Å². The van der Waals surface area contributed by atoms with Gasteiger partial charge in [-0.1, -0.05) is 6.08 Å². The summed E-state index contributed by atoms with van der Waals surface area (Å²) < 4.78 is -0.106. The zero-order chi connectivity index (χ0) is 10.4. The maximum Gasteiger partial charge on any atom is 0.104 e. The quantitative estimate of drug-likeness (QED) is 0.666. The third-order valence-corrected chi connectivity index (χ3v) is 4.19. The Balaban J connectivity index is 2.37. The Labute approximate surface area is 91.0 Å². The van der Waals surface area contributed by atoms with Crippen LogP contribution in [0.4, 0.5) is 0 Å². The van der Waals surface area contributed by atoms with Crippen LogP contribution in [-0.2, 0) is 0 Å². The summed E-state index contributed by atoms with van der Waals surface area (Å²) in [5.74, 6) is 0. The third-order valence-electron chi connectivity index (χ3n) is 2.91. The van der Waals surface area contributed by atoms with E-state index in [0.717, 1.165) is 38.9 Å². The average Bonchev–Trinajstić information content (AvgIpc) is 2.27. The van der Waals surface area contributed by atoms with Gasteiger partial charge in [-0.3, -0.25) is 0 Å². The molecule has 14 heavy (non-hydrogen) atoms. The van der Waals surface area contributed by atoms with Gasteiger partial charge in [0.15, 0.2) is 0 Å². The fourth-order valence-electron chi connectivity index (χ4n) is 1.77. The molecule has 1 heterocycles. The zero-order valence-electron chi connectivity index (χ0n) is 8.83. The SMILES string of the molecule is C=CCCN1CCC(C#N)(SC)CC1. The van der Waals surface area contributed by atoms with Crippen LogP contribution in [-0.4, -0.2) is 35.5 Å². The Morgan fingerprint density at radius 1 is 1.57 bits per heavy atom. The van der Waals surface area contributed by atoms with Crippen molar-refractivity contribution in [1.82, 2.24) is 4.90 Å². The fourth-order valence-corrected chi connectivity index (χ4v) is 2.46. The molecule has 0 radical (unpaired) electrons. The predicted molar refractivity (Wildman–Crippen MR) is 62.3 cm³/mol. The second-order valence-electron chi connectivity index (χ2n) is 3.73. The number of rotatable bonds is 4. The van der Waals surface area contributed by atoms with Gasteiger partial charge in [0, 0.05) is 19.6 Å². The molecule has 2 nitrogen and oxygen atoms in total. The van der Waals surface area contributed by atoms with Crippen LogP contribution < -0.4 is 0 Å². The molecule has 1 aliphatic rings. The van der Waals surface area contributed by atoms with Gasteiger partial charge in [-0.15, -0.1) is 18.3 Å². The van der Waals surface area contributed by atoms with Crippen LogP contribution in [0.5, 0.6) is 0 Å². The molecule has 0 unspecified atom stereocenters. The Morgan fingerprint density at radius 2 is 2.21 bits per heavy atom. The molecule has 0 atom stereocenters. The van der Waals surface area contributed by atoms with Crippen molar-refractivity contribution in [3.8, 4) is 6.07 Å². The van der Waals surface area contributed by atoms with E-state index < -0.39 is 0 Å². The molecule has 0 bridgehead atoms. The minimum atomic E-state index is -0.106. The van der Waals surface area contributed by atoms with Gasteiger partial charge in [-0.05, 0) is 25.5 Å². The van der Waals surface area contributed by atoms with E-state index in [9.17, 15) is 0 Å². The van der Waals surface area contributed by atoms with E-state index in [-0.39, 0.29) is 4.75 Å². The molecule has 0 aliphatic carbocycles. The Bertz CT molecular complexity index is 224. The molecule has 1 fully saturated rings. The average molecular weight is 210 g/mol. The number of nitrogens with zero attached hydrogens (tertiary/aromatic N) is 2. The van der Waals surface area contributed by atoms with Gasteiger partial charge in [0.2, 0.25) is 0 Å². The van der Waals surface area contributed by atoms with Crippen molar-refractivity contribution >= 4 is 11.8 Å². The van der Waals surface area contributed by atoms with E-state index in [1.54, 1.807) is 11.8 Å². The summed E-state index contributed by atoms with van der Waals surface area (Å²) in [6.45, 7) is 6.94. The van der Waals surface area contributed by atoms with E-state index >= 15 is 0 Å². The van der Waals surface area contributed by atoms with E-state index in [0.29, 0.717) is 0 Å². The van der Waals surface area contributed by atoms with E-state index in [4.69, 9.17) is 5.26 Å². The van der Waals surface area contributed by atoms with Crippen LogP contribution in [0.2, 0.25) is 0 Å². The van der Waals surface area contributed by atoms with Crippen LogP contribution in [0, 0.1) is 11.3 Å². The molecule has 0 saturated carbocycles. The van der Waals surface area contributed by atoms with Gasteiger partial charge < -0.3 is 4.90 Å². The highest BCUT2D eigenvalue weighted by atomic mass is 32.2. The van der Waals surface area contributed by atoms with Crippen LogP contribution in [0.25, 0.3) is 0 Å². The van der Waals surface area contributed by atoms with Gasteiger partial charge >= 0.3 is 0 Å². The Kier molecular flexibility index (Phi) is 4.50. The first-order valence-corrected chi connectivity index (χ1v) is 6.28. The van der Waals surface area contributed by atoms with E-state index in [2.05, 4.69) is 17.5 Å². The molecule has 1 rings (SSSR count). The first-order valence-electron chi connectivity index (χ1n) is 5.06. The molecule has 0 aromatic carbocycles. The highest BCUT2D eigenvalue weighted by molar-refractivity contribution is 8.00. The van der Waals surface area contributed by atoms with E-state index in [1.165, 1.54) is 0 Å². The van der Waals surface area contributed by atoms with Crippen LogP contribution in [0.1, 0.15) is 19.3 Å². The summed E-state index contributed by atoms with van der Waals surface area (Å²) in [4.78, 5) is 2.42. The van der Waals surface area contributed by atoms with Crippen molar-refractivity contribution in [2.75, 3.05) is 25.9 Å². The third kappa shape index (κ3) is 2.76. The smallest absolute Gasteiger partial charge is 0.104 e. The molecule has 0 aromatic rings. The molecule has 1 saturated heterocycles. The highest BCUT2D eigenvalue weighted by Gasteiger charge is 2.33. The summed E-state index contributed by atoms with van der Waals surface area (Å²) in [5.41, 5.74) is 0. The van der Waals surface area contributed by atoms with Gasteiger partial charge in [-0.25, -0.2) is 0 Å². The lowest BCUT2D eigenvalue weighted by atomic mass is 9.97. The molecular weight excluding hydrogens is 192 g/mol. The number of piperidine rings is 1. The largest absolute Gasteiger partial charge is 0.303 e. The molecule has 1 aliphatic heterocycles. The van der Waals surface area contributed by atoms with Crippen molar-refractivity contribution in [2.45, 2.75) is 24.0 Å². The molecule has 0 aromatic heterocycles. The van der Waals surface area contributed by atoms with Crippen molar-refractivity contribution in [3.63, 3.8) is 0 Å². The summed E-state index contributed by atoms with van der Waals surface area (Å²) in [7, 11) is 0. The Hall–Kier alpha value is -0.460. The van der Waals surface area contributed by atoms with Crippen molar-refractivity contribution in [3.05, 3.63) is 12.7 Å². The van der Waals surface area contributed by atoms with Gasteiger partial charge in [0.1, 0.15) is 4.75 Å². The van der Waals surface area contributed by atoms with Crippen molar-refractivity contribution in [1.29, 1.82) is 5.26 Å². The summed E-state index contributed by atoms with van der Waals surface area (Å²) in [6, 6.07) is 2.46. The number of likely N-dealkylation sites (tertiary alicyclic amines) is 1.